The summed E-state index contributed by atoms with van der Waals surface area (Å²) < 4.78 is 0. The minimum atomic E-state index is -0.326. The number of nitrogens with one attached hydrogen (secondary N) is 2. The molecule has 2 N–H and O–H groups in total. The first-order chi connectivity index (χ1) is 10.6. The van der Waals surface area contributed by atoms with Crippen molar-refractivity contribution in [1.82, 2.24) is 5.32 Å². The van der Waals surface area contributed by atoms with Crippen molar-refractivity contribution >= 4 is 34.9 Å². The van der Waals surface area contributed by atoms with Gasteiger partial charge in [0.2, 0.25) is 0 Å². The van der Waals surface area contributed by atoms with Gasteiger partial charge in [0.15, 0.2) is 0 Å². The van der Waals surface area contributed by atoms with E-state index in [9.17, 15) is 4.79 Å². The first-order valence-electron chi connectivity index (χ1n) is 6.58. The number of hydrogen-bond acceptors (Lipinski definition) is 2. The molecule has 0 aliphatic rings. The van der Waals surface area contributed by atoms with Gasteiger partial charge in [-0.2, -0.15) is 5.26 Å². The van der Waals surface area contributed by atoms with E-state index < -0.39 is 0 Å². The highest BCUT2D eigenvalue weighted by Gasteiger charge is 2.06. The van der Waals surface area contributed by atoms with E-state index in [1.165, 1.54) is 0 Å². The van der Waals surface area contributed by atoms with Crippen LogP contribution in [-0.2, 0) is 6.42 Å². The Kier molecular flexibility index (Phi) is 5.65. The minimum absolute atomic E-state index is 0.326. The van der Waals surface area contributed by atoms with Gasteiger partial charge in [-0.3, -0.25) is 0 Å². The SMILES string of the molecule is N#Cc1ccc(NC(=O)NCCc2c(Cl)cccc2Cl)cc1. The summed E-state index contributed by atoms with van der Waals surface area (Å²) in [4.78, 5) is 11.8. The summed E-state index contributed by atoms with van der Waals surface area (Å²) in [5, 5.41) is 15.3. The van der Waals surface area contributed by atoms with Crippen molar-refractivity contribution < 1.29 is 4.79 Å². The molecule has 0 atom stereocenters. The number of halogens is 2. The van der Waals surface area contributed by atoms with Crippen LogP contribution in [0.4, 0.5) is 10.5 Å². The molecule has 0 saturated heterocycles. The van der Waals surface area contributed by atoms with Crippen LogP contribution in [0.25, 0.3) is 0 Å². The number of nitrogens with zero attached hydrogens (tertiary/aromatic N) is 1. The Labute approximate surface area is 138 Å². The number of carbonyl (C=O) groups excluding carboxylic acids is 1. The predicted octanol–water partition coefficient (Wildman–Crippen LogP) is 4.23. The molecule has 0 bridgehead atoms. The monoisotopic (exact) mass is 333 g/mol. The summed E-state index contributed by atoms with van der Waals surface area (Å²) in [6.45, 7) is 0.408. The second-order valence-corrected chi connectivity index (χ2v) is 5.33. The largest absolute Gasteiger partial charge is 0.338 e. The molecule has 0 saturated carbocycles. The summed E-state index contributed by atoms with van der Waals surface area (Å²) in [7, 11) is 0. The van der Waals surface area contributed by atoms with Crippen molar-refractivity contribution in [2.24, 2.45) is 0 Å². The van der Waals surface area contributed by atoms with Crippen molar-refractivity contribution in [1.29, 1.82) is 5.26 Å². The van der Waals surface area contributed by atoms with Crippen LogP contribution in [0.15, 0.2) is 42.5 Å². The maximum Gasteiger partial charge on any atom is 0.319 e. The lowest BCUT2D eigenvalue weighted by Crippen LogP contribution is -2.30. The maximum absolute atomic E-state index is 11.8. The molecule has 0 aromatic heterocycles. The molecule has 2 rings (SSSR count). The standard InChI is InChI=1S/C16H13Cl2N3O/c17-14-2-1-3-15(18)13(14)8-9-20-16(22)21-12-6-4-11(10-19)5-7-12/h1-7H,8-9H2,(H2,20,21,22). The Hall–Kier alpha value is -2.22. The fourth-order valence-corrected chi connectivity index (χ4v) is 2.46. The Morgan fingerprint density at radius 3 is 2.32 bits per heavy atom. The molecule has 0 spiro atoms. The van der Waals surface area contributed by atoms with Crippen molar-refractivity contribution in [3.05, 3.63) is 63.6 Å². The van der Waals surface area contributed by atoms with Gasteiger partial charge in [-0.15, -0.1) is 0 Å². The van der Waals surface area contributed by atoms with Gasteiger partial charge in [0.25, 0.3) is 0 Å². The van der Waals surface area contributed by atoms with Gasteiger partial charge in [0.1, 0.15) is 0 Å². The lowest BCUT2D eigenvalue weighted by Gasteiger charge is -2.09. The van der Waals surface area contributed by atoms with Gasteiger partial charge < -0.3 is 10.6 Å². The summed E-state index contributed by atoms with van der Waals surface area (Å²) in [6, 6.07) is 13.6. The highest BCUT2D eigenvalue weighted by Crippen LogP contribution is 2.24. The molecule has 112 valence electrons. The smallest absolute Gasteiger partial charge is 0.319 e. The van der Waals surface area contributed by atoms with Crippen LogP contribution in [-0.4, -0.2) is 12.6 Å². The van der Waals surface area contributed by atoms with Crippen molar-refractivity contribution in [3.63, 3.8) is 0 Å². The van der Waals surface area contributed by atoms with Gasteiger partial charge >= 0.3 is 6.03 Å². The molecule has 0 aliphatic carbocycles. The van der Waals surface area contributed by atoms with Gasteiger partial charge in [-0.25, -0.2) is 4.79 Å². The number of benzene rings is 2. The molecule has 0 fully saturated rings. The highest BCUT2D eigenvalue weighted by atomic mass is 35.5. The van der Waals surface area contributed by atoms with Crippen molar-refractivity contribution in [3.8, 4) is 6.07 Å². The number of hydrogen-bond donors (Lipinski definition) is 2. The van der Waals surface area contributed by atoms with E-state index in [4.69, 9.17) is 28.5 Å². The molecule has 0 unspecified atom stereocenters. The Balaban J connectivity index is 1.84. The molecule has 4 nitrogen and oxygen atoms in total. The lowest BCUT2D eigenvalue weighted by atomic mass is 10.1. The van der Waals surface area contributed by atoms with E-state index in [1.54, 1.807) is 42.5 Å². The summed E-state index contributed by atoms with van der Waals surface area (Å²) in [5.74, 6) is 0. The second kappa shape index (κ2) is 7.69. The zero-order chi connectivity index (χ0) is 15.9. The molecular formula is C16H13Cl2N3O. The third-order valence-corrected chi connectivity index (χ3v) is 3.70. The molecule has 6 heteroatoms. The topological polar surface area (TPSA) is 64.9 Å². The van der Waals surface area contributed by atoms with Crippen LogP contribution < -0.4 is 10.6 Å². The molecule has 2 aromatic carbocycles. The first-order valence-corrected chi connectivity index (χ1v) is 7.33. The highest BCUT2D eigenvalue weighted by molar-refractivity contribution is 6.36. The average molecular weight is 334 g/mol. The summed E-state index contributed by atoms with van der Waals surface area (Å²) >= 11 is 12.1. The van der Waals surface area contributed by atoms with E-state index in [2.05, 4.69) is 10.6 Å². The number of nitriles is 1. The van der Waals surface area contributed by atoms with Crippen LogP contribution in [0.3, 0.4) is 0 Å². The summed E-state index contributed by atoms with van der Waals surface area (Å²) in [5.41, 5.74) is 1.97. The van der Waals surface area contributed by atoms with Gasteiger partial charge in [-0.05, 0) is 48.4 Å². The average Bonchev–Trinajstić information content (AvgIpc) is 2.51. The Morgan fingerprint density at radius 2 is 1.73 bits per heavy atom. The molecule has 0 heterocycles. The van der Waals surface area contributed by atoms with Gasteiger partial charge in [-0.1, -0.05) is 29.3 Å². The van der Waals surface area contributed by atoms with Crippen LogP contribution in [0.2, 0.25) is 10.0 Å². The van der Waals surface area contributed by atoms with Crippen LogP contribution in [0.5, 0.6) is 0 Å². The van der Waals surface area contributed by atoms with Gasteiger partial charge in [0.05, 0.1) is 11.6 Å². The fraction of sp³-hybridized carbons (Fsp3) is 0.125. The zero-order valence-electron chi connectivity index (χ0n) is 11.6. The molecule has 0 aliphatic heterocycles. The quantitative estimate of drug-likeness (QED) is 0.879. The minimum Gasteiger partial charge on any atom is -0.338 e. The molecule has 2 aromatic rings. The molecule has 22 heavy (non-hydrogen) atoms. The number of rotatable bonds is 4. The molecule has 0 radical (unpaired) electrons. The van der Waals surface area contributed by atoms with Crippen molar-refractivity contribution in [2.75, 3.05) is 11.9 Å². The number of urea groups is 1. The fourth-order valence-electron chi connectivity index (χ4n) is 1.88. The Bertz CT molecular complexity index is 688. The number of amides is 2. The van der Waals surface area contributed by atoms with E-state index in [0.29, 0.717) is 34.3 Å². The van der Waals surface area contributed by atoms with Crippen LogP contribution >= 0.6 is 23.2 Å². The predicted molar refractivity (Wildman–Crippen MR) is 88.3 cm³/mol. The summed E-state index contributed by atoms with van der Waals surface area (Å²) in [6.07, 6.45) is 0.541. The Morgan fingerprint density at radius 1 is 1.09 bits per heavy atom. The molecular weight excluding hydrogens is 321 g/mol. The van der Waals surface area contributed by atoms with E-state index in [1.807, 2.05) is 6.07 Å². The van der Waals surface area contributed by atoms with Crippen molar-refractivity contribution in [2.45, 2.75) is 6.42 Å². The lowest BCUT2D eigenvalue weighted by molar-refractivity contribution is 0.252. The normalized spacial score (nSPS) is 9.86. The third kappa shape index (κ3) is 4.39. The molecule has 2 amide bonds. The third-order valence-electron chi connectivity index (χ3n) is 2.99. The van der Waals surface area contributed by atoms with Crippen LogP contribution in [0, 0.1) is 11.3 Å². The van der Waals surface area contributed by atoms with Crippen LogP contribution in [0.1, 0.15) is 11.1 Å². The van der Waals surface area contributed by atoms with E-state index >= 15 is 0 Å². The number of anilines is 1. The maximum atomic E-state index is 11.8. The zero-order valence-corrected chi connectivity index (χ0v) is 13.1. The number of carbonyl (C=O) groups is 1. The van der Waals surface area contributed by atoms with E-state index in [0.717, 1.165) is 5.56 Å². The second-order valence-electron chi connectivity index (χ2n) is 4.52. The van der Waals surface area contributed by atoms with E-state index in [-0.39, 0.29) is 6.03 Å². The first kappa shape index (κ1) is 16.2. The van der Waals surface area contributed by atoms with Gasteiger partial charge in [0, 0.05) is 22.3 Å².